The second-order valence-electron chi connectivity index (χ2n) is 4.59. The lowest BCUT2D eigenvalue weighted by Gasteiger charge is -2.23. The first-order chi connectivity index (χ1) is 8.42. The molecular weight excluding hydrogens is 223 g/mol. The summed E-state index contributed by atoms with van der Waals surface area (Å²) in [5.41, 5.74) is 0. The zero-order valence-corrected chi connectivity index (χ0v) is 10.8. The fourth-order valence-electron chi connectivity index (χ4n) is 2.75. The van der Waals surface area contributed by atoms with Crippen molar-refractivity contribution in [3.8, 4) is 0 Å². The molecule has 0 atom stereocenters. The third-order valence-electron chi connectivity index (χ3n) is 3.59. The van der Waals surface area contributed by atoms with E-state index in [1.807, 2.05) is 0 Å². The van der Waals surface area contributed by atoms with Crippen LogP contribution in [0, 0.1) is 0 Å². The van der Waals surface area contributed by atoms with Gasteiger partial charge in [-0.3, -0.25) is 0 Å². The van der Waals surface area contributed by atoms with Crippen LogP contribution in [0.5, 0.6) is 0 Å². The Hall–Kier alpha value is -1.26. The molecule has 1 heteroatoms. The van der Waals surface area contributed by atoms with Crippen LogP contribution in [0.3, 0.4) is 0 Å². The number of rotatable bonds is 2. The van der Waals surface area contributed by atoms with E-state index in [0.29, 0.717) is 0 Å². The van der Waals surface area contributed by atoms with Crippen LogP contribution in [0.1, 0.15) is 12.8 Å². The van der Waals surface area contributed by atoms with E-state index in [1.54, 1.807) is 10.6 Å². The molecule has 0 fully saturated rings. The highest BCUT2D eigenvalue weighted by Gasteiger charge is 2.24. The van der Waals surface area contributed by atoms with E-state index in [9.17, 15) is 0 Å². The van der Waals surface area contributed by atoms with Gasteiger partial charge in [0.05, 0.1) is 0 Å². The van der Waals surface area contributed by atoms with Gasteiger partial charge in [-0.25, -0.2) is 0 Å². The predicted octanol–water partition coefficient (Wildman–Crippen LogP) is 3.25. The van der Waals surface area contributed by atoms with Crippen molar-refractivity contribution >= 4 is 23.3 Å². The average Bonchev–Trinajstić information content (AvgIpc) is 2.91. The molecule has 0 radical (unpaired) electrons. The minimum Gasteiger partial charge on any atom is -0.0782 e. The normalized spacial score (nSPS) is 17.6. The third-order valence-corrected chi connectivity index (χ3v) is 7.93. The van der Waals surface area contributed by atoms with Crippen LogP contribution >= 0.6 is 6.89 Å². The first-order valence-corrected chi connectivity index (χ1v) is 8.29. The van der Waals surface area contributed by atoms with Crippen molar-refractivity contribution in [1.82, 2.24) is 0 Å². The van der Waals surface area contributed by atoms with Crippen molar-refractivity contribution in [2.24, 2.45) is 0 Å². The van der Waals surface area contributed by atoms with Crippen molar-refractivity contribution < 1.29 is 0 Å². The lowest BCUT2D eigenvalue weighted by Crippen LogP contribution is -2.17. The summed E-state index contributed by atoms with van der Waals surface area (Å²) in [6, 6.07) is 22.1. The lowest BCUT2D eigenvalue weighted by atomic mass is 10.4. The third kappa shape index (κ3) is 1.87. The Morgan fingerprint density at radius 3 is 1.65 bits per heavy atom. The van der Waals surface area contributed by atoms with E-state index in [-0.39, 0.29) is 0 Å². The maximum absolute atomic E-state index is 2.61. The molecule has 0 spiro atoms. The molecule has 17 heavy (non-hydrogen) atoms. The Balaban J connectivity index is 2.19. The van der Waals surface area contributed by atoms with Gasteiger partial charge < -0.3 is 0 Å². The van der Waals surface area contributed by atoms with E-state index in [4.69, 9.17) is 0 Å². The minimum atomic E-state index is -1.18. The summed E-state index contributed by atoms with van der Waals surface area (Å²) in [5, 5.41) is 3.09. The van der Waals surface area contributed by atoms with E-state index in [1.165, 1.54) is 19.0 Å². The monoisotopic (exact) mass is 240 g/mol. The van der Waals surface area contributed by atoms with Gasteiger partial charge in [-0.2, -0.15) is 0 Å². The zero-order chi connectivity index (χ0) is 11.6. The van der Waals surface area contributed by atoms with Gasteiger partial charge in [0.2, 0.25) is 0 Å². The Morgan fingerprint density at radius 1 is 0.706 bits per heavy atom. The lowest BCUT2D eigenvalue weighted by molar-refractivity contribution is 1.04. The standard InChI is InChI=1S/C16H17P/c1-3-9-15(10-4-1)17(13-7-8-14-17)16-11-5-2-6-12-16/h1-6,9-13H,7-8,14H2. The molecule has 1 aliphatic heterocycles. The van der Waals surface area contributed by atoms with Crippen molar-refractivity contribution in [2.45, 2.75) is 12.8 Å². The second kappa shape index (κ2) is 4.55. The quantitative estimate of drug-likeness (QED) is 0.707. The molecule has 0 nitrogen and oxygen atoms in total. The fourth-order valence-corrected chi connectivity index (χ4v) is 6.88. The molecular formula is C16H17P. The first-order valence-electron chi connectivity index (χ1n) is 6.25. The maximum Gasteiger partial charge on any atom is -0.0205 e. The SMILES string of the molecule is C1=P(c2ccccc2)(c2ccccc2)CCC1. The van der Waals surface area contributed by atoms with Crippen LogP contribution in [0.2, 0.25) is 0 Å². The maximum atomic E-state index is 2.61. The summed E-state index contributed by atoms with van der Waals surface area (Å²) in [7, 11) is 0. The molecule has 0 N–H and O–H groups in total. The molecule has 86 valence electrons. The molecule has 0 bridgehead atoms. The summed E-state index contributed by atoms with van der Waals surface area (Å²) < 4.78 is 0. The van der Waals surface area contributed by atoms with Gasteiger partial charge in [0.25, 0.3) is 0 Å². The first kappa shape index (κ1) is 10.9. The summed E-state index contributed by atoms with van der Waals surface area (Å²) in [6.07, 6.45) is 3.97. The molecule has 0 saturated carbocycles. The van der Waals surface area contributed by atoms with Crippen molar-refractivity contribution in [2.75, 3.05) is 6.16 Å². The van der Waals surface area contributed by atoms with E-state index in [2.05, 4.69) is 66.5 Å². The Bertz CT molecular complexity index is 497. The van der Waals surface area contributed by atoms with Gasteiger partial charge in [-0.15, -0.1) is 0 Å². The smallest absolute Gasteiger partial charge is 0.0205 e. The Labute approximate surface area is 103 Å². The highest BCUT2D eigenvalue weighted by atomic mass is 31.2. The summed E-state index contributed by atoms with van der Waals surface area (Å²) in [4.78, 5) is 0. The van der Waals surface area contributed by atoms with Crippen molar-refractivity contribution in [3.63, 3.8) is 0 Å². The van der Waals surface area contributed by atoms with Gasteiger partial charge in [0, 0.05) is 0 Å². The highest BCUT2D eigenvalue weighted by Crippen LogP contribution is 2.49. The van der Waals surface area contributed by atoms with Crippen molar-refractivity contribution in [1.29, 1.82) is 0 Å². The minimum absolute atomic E-state index is 1.18. The number of benzene rings is 2. The molecule has 0 aromatic heterocycles. The number of hydrogen-bond donors (Lipinski definition) is 0. The van der Waals surface area contributed by atoms with Crippen LogP contribution in [0.15, 0.2) is 60.7 Å². The zero-order valence-electron chi connectivity index (χ0n) is 9.92. The van der Waals surface area contributed by atoms with E-state index in [0.717, 1.165) is 0 Å². The predicted molar refractivity (Wildman–Crippen MR) is 79.2 cm³/mol. The van der Waals surface area contributed by atoms with Gasteiger partial charge in [-0.1, -0.05) is 73.3 Å². The van der Waals surface area contributed by atoms with Gasteiger partial charge in [-0.05, 0) is 29.6 Å². The van der Waals surface area contributed by atoms with Gasteiger partial charge >= 0.3 is 0 Å². The molecule has 0 unspecified atom stereocenters. The van der Waals surface area contributed by atoms with Crippen LogP contribution < -0.4 is 10.6 Å². The molecule has 0 amide bonds. The average molecular weight is 240 g/mol. The topological polar surface area (TPSA) is 0 Å². The molecule has 1 aliphatic rings. The van der Waals surface area contributed by atoms with E-state index >= 15 is 0 Å². The van der Waals surface area contributed by atoms with Crippen LogP contribution in [0.25, 0.3) is 0 Å². The highest BCUT2D eigenvalue weighted by molar-refractivity contribution is 7.88. The van der Waals surface area contributed by atoms with Crippen molar-refractivity contribution in [3.05, 3.63) is 60.7 Å². The number of hydrogen-bond acceptors (Lipinski definition) is 0. The molecule has 3 rings (SSSR count). The molecule has 0 saturated heterocycles. The molecule has 2 aromatic rings. The van der Waals surface area contributed by atoms with E-state index < -0.39 is 6.89 Å². The van der Waals surface area contributed by atoms with Crippen LogP contribution in [0.4, 0.5) is 0 Å². The summed E-state index contributed by atoms with van der Waals surface area (Å²) in [5.74, 6) is 2.61. The second-order valence-corrected chi connectivity index (χ2v) is 8.17. The summed E-state index contributed by atoms with van der Waals surface area (Å²) in [6.45, 7) is -1.18. The van der Waals surface area contributed by atoms with Crippen LogP contribution in [-0.2, 0) is 0 Å². The van der Waals surface area contributed by atoms with Crippen LogP contribution in [-0.4, -0.2) is 12.0 Å². The van der Waals surface area contributed by atoms with Gasteiger partial charge in [0.1, 0.15) is 0 Å². The molecule has 1 heterocycles. The van der Waals surface area contributed by atoms with Gasteiger partial charge in [0.15, 0.2) is 0 Å². The summed E-state index contributed by atoms with van der Waals surface area (Å²) >= 11 is 0. The largest absolute Gasteiger partial charge is 0.0782 e. The molecule has 0 aliphatic carbocycles. The Kier molecular flexibility index (Phi) is 2.91. The molecule has 2 aromatic carbocycles. The Morgan fingerprint density at radius 2 is 1.24 bits per heavy atom. The fraction of sp³-hybridized carbons (Fsp3) is 0.188.